The number of aryl methyl sites for hydroxylation is 1. The monoisotopic (exact) mass is 283 g/mol. The summed E-state index contributed by atoms with van der Waals surface area (Å²) < 4.78 is 2.02. The summed E-state index contributed by atoms with van der Waals surface area (Å²) in [5, 5.41) is 4.46. The van der Waals surface area contributed by atoms with E-state index < -0.39 is 0 Å². The molecule has 1 aromatic carbocycles. The lowest BCUT2D eigenvalue weighted by Crippen LogP contribution is -2.36. The van der Waals surface area contributed by atoms with Crippen LogP contribution < -0.4 is 5.73 Å². The van der Waals surface area contributed by atoms with Crippen LogP contribution in [-0.2, 0) is 12.0 Å². The second-order valence-electron chi connectivity index (χ2n) is 6.24. The number of benzene rings is 1. The predicted octanol–water partition coefficient (Wildman–Crippen LogP) is 3.80. The van der Waals surface area contributed by atoms with Gasteiger partial charge in [0.15, 0.2) is 0 Å². The second kappa shape index (κ2) is 6.02. The average molecular weight is 283 g/mol. The molecule has 1 unspecified atom stereocenters. The van der Waals surface area contributed by atoms with E-state index in [2.05, 4.69) is 48.6 Å². The Morgan fingerprint density at radius 1 is 1.24 bits per heavy atom. The molecule has 2 N–H and O–H groups in total. The van der Waals surface area contributed by atoms with Crippen LogP contribution >= 0.6 is 0 Å². The zero-order valence-corrected chi connectivity index (χ0v) is 12.8. The predicted molar refractivity (Wildman–Crippen MR) is 86.0 cm³/mol. The van der Waals surface area contributed by atoms with Crippen molar-refractivity contribution in [1.29, 1.82) is 0 Å². The summed E-state index contributed by atoms with van der Waals surface area (Å²) in [6.45, 7) is 3.13. The van der Waals surface area contributed by atoms with Crippen LogP contribution in [0.1, 0.15) is 56.2 Å². The van der Waals surface area contributed by atoms with Gasteiger partial charge in [-0.2, -0.15) is 5.10 Å². The molecule has 1 aliphatic carbocycles. The van der Waals surface area contributed by atoms with Crippen molar-refractivity contribution in [2.24, 2.45) is 5.73 Å². The van der Waals surface area contributed by atoms with Crippen molar-refractivity contribution in [3.63, 3.8) is 0 Å². The molecular weight excluding hydrogens is 258 g/mol. The molecule has 21 heavy (non-hydrogen) atoms. The zero-order valence-electron chi connectivity index (χ0n) is 12.8. The summed E-state index contributed by atoms with van der Waals surface area (Å²) in [6, 6.07) is 10.8. The van der Waals surface area contributed by atoms with E-state index in [1.807, 2.05) is 10.9 Å². The fourth-order valence-electron chi connectivity index (χ4n) is 3.77. The summed E-state index contributed by atoms with van der Waals surface area (Å²) in [6.07, 6.45) is 10.1. The van der Waals surface area contributed by atoms with Crippen molar-refractivity contribution >= 4 is 0 Å². The highest BCUT2D eigenvalue weighted by Crippen LogP contribution is 2.48. The molecule has 0 bridgehead atoms. The van der Waals surface area contributed by atoms with Gasteiger partial charge in [-0.05, 0) is 24.8 Å². The van der Waals surface area contributed by atoms with Gasteiger partial charge in [0.1, 0.15) is 0 Å². The molecule has 1 heterocycles. The fourth-order valence-corrected chi connectivity index (χ4v) is 3.77. The Bertz CT molecular complexity index is 567. The number of hydrogen-bond acceptors (Lipinski definition) is 2. The van der Waals surface area contributed by atoms with Crippen LogP contribution in [0, 0.1) is 0 Å². The summed E-state index contributed by atoms with van der Waals surface area (Å²) in [4.78, 5) is 0. The molecule has 1 aliphatic rings. The summed E-state index contributed by atoms with van der Waals surface area (Å²) >= 11 is 0. The third-order valence-electron chi connectivity index (χ3n) is 4.90. The van der Waals surface area contributed by atoms with Gasteiger partial charge in [0.25, 0.3) is 0 Å². The second-order valence-corrected chi connectivity index (χ2v) is 6.24. The summed E-state index contributed by atoms with van der Waals surface area (Å²) in [5.41, 5.74) is 9.37. The third-order valence-corrected chi connectivity index (χ3v) is 4.90. The molecule has 112 valence electrons. The van der Waals surface area contributed by atoms with Crippen molar-refractivity contribution in [3.8, 4) is 0 Å². The van der Waals surface area contributed by atoms with Crippen LogP contribution in [0.2, 0.25) is 0 Å². The highest BCUT2D eigenvalue weighted by molar-refractivity contribution is 5.32. The van der Waals surface area contributed by atoms with Crippen molar-refractivity contribution in [3.05, 3.63) is 53.9 Å². The van der Waals surface area contributed by atoms with Crippen LogP contribution in [0.15, 0.2) is 42.7 Å². The van der Waals surface area contributed by atoms with Gasteiger partial charge in [0.05, 0.1) is 6.20 Å². The van der Waals surface area contributed by atoms with Crippen LogP contribution in [0.4, 0.5) is 0 Å². The van der Waals surface area contributed by atoms with Gasteiger partial charge < -0.3 is 5.73 Å². The molecule has 1 fully saturated rings. The zero-order chi connectivity index (χ0) is 14.7. The number of rotatable bonds is 5. The Morgan fingerprint density at radius 3 is 2.62 bits per heavy atom. The smallest absolute Gasteiger partial charge is 0.0537 e. The van der Waals surface area contributed by atoms with Crippen molar-refractivity contribution in [2.45, 2.75) is 57.0 Å². The molecule has 1 atom stereocenters. The number of aromatic nitrogens is 2. The Morgan fingerprint density at radius 2 is 1.95 bits per heavy atom. The van der Waals surface area contributed by atoms with Gasteiger partial charge in [-0.25, -0.2) is 0 Å². The van der Waals surface area contributed by atoms with E-state index in [0.29, 0.717) is 0 Å². The van der Waals surface area contributed by atoms with Crippen molar-refractivity contribution in [1.82, 2.24) is 9.78 Å². The van der Waals surface area contributed by atoms with Crippen molar-refractivity contribution < 1.29 is 0 Å². The number of nitrogens with zero attached hydrogens (tertiary/aromatic N) is 2. The van der Waals surface area contributed by atoms with Gasteiger partial charge in [-0.1, -0.05) is 50.1 Å². The molecular formula is C18H25N3. The van der Waals surface area contributed by atoms with Gasteiger partial charge in [0, 0.05) is 29.8 Å². The number of hydrogen-bond donors (Lipinski definition) is 1. The minimum Gasteiger partial charge on any atom is -0.323 e. The minimum absolute atomic E-state index is 0.0352. The lowest BCUT2D eigenvalue weighted by atomic mass is 9.71. The topological polar surface area (TPSA) is 43.8 Å². The van der Waals surface area contributed by atoms with Crippen molar-refractivity contribution in [2.75, 3.05) is 0 Å². The molecule has 1 aromatic heterocycles. The Kier molecular flexibility index (Phi) is 4.11. The van der Waals surface area contributed by atoms with Crippen LogP contribution in [-0.4, -0.2) is 9.78 Å². The van der Waals surface area contributed by atoms with Crippen LogP contribution in [0.5, 0.6) is 0 Å². The Balaban J connectivity index is 1.93. The molecule has 3 heteroatoms. The number of nitrogens with two attached hydrogens (primary N) is 1. The van der Waals surface area contributed by atoms with E-state index in [9.17, 15) is 0 Å². The lowest BCUT2D eigenvalue weighted by Gasteiger charge is -2.35. The van der Waals surface area contributed by atoms with E-state index in [1.165, 1.54) is 36.8 Å². The SMILES string of the molecule is CCCn1cc(C(N)C2(c3ccccc3)CCCC2)cn1. The maximum Gasteiger partial charge on any atom is 0.0537 e. The summed E-state index contributed by atoms with van der Waals surface area (Å²) in [7, 11) is 0. The van der Waals surface area contributed by atoms with E-state index >= 15 is 0 Å². The van der Waals surface area contributed by atoms with Gasteiger partial charge in [0.2, 0.25) is 0 Å². The van der Waals surface area contributed by atoms with E-state index in [0.717, 1.165) is 13.0 Å². The maximum absolute atomic E-state index is 6.72. The van der Waals surface area contributed by atoms with Crippen LogP contribution in [0.25, 0.3) is 0 Å². The minimum atomic E-state index is 0.0352. The molecule has 0 amide bonds. The molecule has 3 nitrogen and oxygen atoms in total. The molecule has 0 saturated heterocycles. The van der Waals surface area contributed by atoms with Crippen LogP contribution in [0.3, 0.4) is 0 Å². The van der Waals surface area contributed by atoms with E-state index in [4.69, 9.17) is 5.73 Å². The normalized spacial score (nSPS) is 18.8. The molecule has 2 aromatic rings. The van der Waals surface area contributed by atoms with Gasteiger partial charge >= 0.3 is 0 Å². The average Bonchev–Trinajstić information content (AvgIpc) is 3.18. The third kappa shape index (κ3) is 2.62. The first kappa shape index (κ1) is 14.3. The quantitative estimate of drug-likeness (QED) is 0.907. The largest absolute Gasteiger partial charge is 0.323 e. The van der Waals surface area contributed by atoms with E-state index in [-0.39, 0.29) is 11.5 Å². The molecule has 0 aliphatic heterocycles. The molecule has 0 spiro atoms. The van der Waals surface area contributed by atoms with E-state index in [1.54, 1.807) is 0 Å². The van der Waals surface area contributed by atoms with Gasteiger partial charge in [-0.15, -0.1) is 0 Å². The Labute approximate surface area is 127 Å². The first-order valence-corrected chi connectivity index (χ1v) is 8.10. The molecule has 3 rings (SSSR count). The molecule has 0 radical (unpaired) electrons. The summed E-state index contributed by atoms with van der Waals surface area (Å²) in [5.74, 6) is 0. The Hall–Kier alpha value is -1.61. The molecule has 1 saturated carbocycles. The fraction of sp³-hybridized carbons (Fsp3) is 0.500. The maximum atomic E-state index is 6.72. The highest BCUT2D eigenvalue weighted by Gasteiger charge is 2.42. The first-order valence-electron chi connectivity index (χ1n) is 8.10. The first-order chi connectivity index (χ1) is 10.3. The highest BCUT2D eigenvalue weighted by atomic mass is 15.3. The van der Waals surface area contributed by atoms with Gasteiger partial charge in [-0.3, -0.25) is 4.68 Å². The standard InChI is InChI=1S/C18H25N3/c1-2-12-21-14-15(13-20-21)17(19)18(10-6-7-11-18)16-8-4-3-5-9-16/h3-5,8-9,13-14,17H,2,6-7,10-12,19H2,1H3. The lowest BCUT2D eigenvalue weighted by molar-refractivity contribution is 0.356.